The van der Waals surface area contributed by atoms with E-state index < -0.39 is 7.52 Å². The number of hydrogen-bond donors (Lipinski definition) is 0. The number of benzene rings is 1. The minimum atomic E-state index is -2.84. The maximum atomic E-state index is 13.3. The van der Waals surface area contributed by atoms with E-state index in [1.54, 1.807) is 0 Å². The minimum absolute atomic E-state index is 0.583. The van der Waals surface area contributed by atoms with Crippen molar-refractivity contribution in [1.29, 1.82) is 0 Å². The summed E-state index contributed by atoms with van der Waals surface area (Å²) >= 11 is 0. The van der Waals surface area contributed by atoms with Crippen molar-refractivity contribution in [3.63, 3.8) is 0 Å². The Morgan fingerprint density at radius 1 is 1.16 bits per heavy atom. The van der Waals surface area contributed by atoms with Gasteiger partial charge in [-0.15, -0.1) is 0 Å². The standard InChI is InChI=1S/C15H24NO2P/c1-2-3-14-18-19(17,15-10-6-4-7-11-15)16-12-8-5-9-13-16/h4,6-7,10-11H,2-3,5,8-9,12-14H2,1H3/t19-/m0/s1. The molecule has 1 aromatic rings. The van der Waals surface area contributed by atoms with Gasteiger partial charge in [-0.1, -0.05) is 38.0 Å². The van der Waals surface area contributed by atoms with Gasteiger partial charge < -0.3 is 4.52 Å². The molecule has 4 heteroatoms. The van der Waals surface area contributed by atoms with Gasteiger partial charge in [0.2, 0.25) is 0 Å². The number of rotatable bonds is 6. The number of piperidine rings is 1. The van der Waals surface area contributed by atoms with Gasteiger partial charge in [-0.2, -0.15) is 0 Å². The zero-order valence-electron chi connectivity index (χ0n) is 11.8. The number of unbranched alkanes of at least 4 members (excludes halogenated alkanes) is 1. The lowest BCUT2D eigenvalue weighted by Gasteiger charge is -2.34. The molecule has 1 atom stereocenters. The molecule has 2 rings (SSSR count). The molecule has 1 aromatic carbocycles. The van der Waals surface area contributed by atoms with Crippen LogP contribution >= 0.6 is 7.52 Å². The van der Waals surface area contributed by atoms with Crippen LogP contribution < -0.4 is 5.30 Å². The molecular formula is C15H24NO2P. The molecule has 1 heterocycles. The molecule has 0 unspecified atom stereocenters. The molecule has 19 heavy (non-hydrogen) atoms. The summed E-state index contributed by atoms with van der Waals surface area (Å²) in [5.41, 5.74) is 0. The fraction of sp³-hybridized carbons (Fsp3) is 0.600. The van der Waals surface area contributed by atoms with Gasteiger partial charge in [-0.3, -0.25) is 4.57 Å². The van der Waals surface area contributed by atoms with Crippen LogP contribution in [-0.2, 0) is 9.09 Å². The van der Waals surface area contributed by atoms with Crippen LogP contribution in [0.1, 0.15) is 39.0 Å². The van der Waals surface area contributed by atoms with Gasteiger partial charge in [0.15, 0.2) is 0 Å². The Labute approximate surface area is 116 Å². The first-order valence-electron chi connectivity index (χ1n) is 7.33. The average Bonchev–Trinajstić information content (AvgIpc) is 2.49. The highest BCUT2D eigenvalue weighted by atomic mass is 31.2. The van der Waals surface area contributed by atoms with Crippen LogP contribution in [0.5, 0.6) is 0 Å². The average molecular weight is 281 g/mol. The van der Waals surface area contributed by atoms with Gasteiger partial charge >= 0.3 is 7.52 Å². The lowest BCUT2D eigenvalue weighted by Crippen LogP contribution is -2.32. The first kappa shape index (κ1) is 14.8. The Morgan fingerprint density at radius 3 is 2.47 bits per heavy atom. The van der Waals surface area contributed by atoms with Gasteiger partial charge in [0.05, 0.1) is 11.9 Å². The summed E-state index contributed by atoms with van der Waals surface area (Å²) in [6.45, 7) is 4.48. The van der Waals surface area contributed by atoms with E-state index in [4.69, 9.17) is 4.52 Å². The van der Waals surface area contributed by atoms with Gasteiger partial charge in [-0.05, 0) is 31.4 Å². The van der Waals surface area contributed by atoms with Crippen molar-refractivity contribution in [3.8, 4) is 0 Å². The third-order valence-corrected chi connectivity index (χ3v) is 6.18. The van der Waals surface area contributed by atoms with Crippen molar-refractivity contribution in [2.24, 2.45) is 0 Å². The predicted molar refractivity (Wildman–Crippen MR) is 80.0 cm³/mol. The Bertz CT molecular complexity index is 415. The smallest absolute Gasteiger partial charge is 0.302 e. The van der Waals surface area contributed by atoms with E-state index in [2.05, 4.69) is 11.6 Å². The first-order valence-corrected chi connectivity index (χ1v) is 8.91. The highest BCUT2D eigenvalue weighted by Gasteiger charge is 2.34. The van der Waals surface area contributed by atoms with Crippen LogP contribution in [-0.4, -0.2) is 24.4 Å². The molecule has 3 nitrogen and oxygen atoms in total. The summed E-state index contributed by atoms with van der Waals surface area (Å²) in [6.07, 6.45) is 5.50. The molecule has 0 saturated carbocycles. The second kappa shape index (κ2) is 7.23. The van der Waals surface area contributed by atoms with E-state index in [1.807, 2.05) is 30.3 Å². The Balaban J connectivity index is 2.19. The van der Waals surface area contributed by atoms with E-state index >= 15 is 0 Å². The number of hydrogen-bond acceptors (Lipinski definition) is 2. The molecule has 0 bridgehead atoms. The van der Waals surface area contributed by atoms with Crippen LogP contribution in [0.2, 0.25) is 0 Å². The summed E-state index contributed by atoms with van der Waals surface area (Å²) in [6, 6.07) is 9.70. The number of nitrogens with zero attached hydrogens (tertiary/aromatic N) is 1. The maximum absolute atomic E-state index is 13.3. The molecular weight excluding hydrogens is 257 g/mol. The molecule has 1 fully saturated rings. The largest absolute Gasteiger partial charge is 0.314 e. The highest BCUT2D eigenvalue weighted by molar-refractivity contribution is 7.64. The van der Waals surface area contributed by atoms with E-state index in [0.717, 1.165) is 44.1 Å². The van der Waals surface area contributed by atoms with Crippen molar-refractivity contribution < 1.29 is 9.09 Å². The van der Waals surface area contributed by atoms with E-state index in [0.29, 0.717) is 6.61 Å². The monoisotopic (exact) mass is 281 g/mol. The second-order valence-corrected chi connectivity index (χ2v) is 7.44. The molecule has 0 N–H and O–H groups in total. The summed E-state index contributed by atoms with van der Waals surface area (Å²) < 4.78 is 21.3. The summed E-state index contributed by atoms with van der Waals surface area (Å²) in [5.74, 6) is 0. The van der Waals surface area contributed by atoms with Crippen LogP contribution in [0.15, 0.2) is 30.3 Å². The van der Waals surface area contributed by atoms with Crippen molar-refractivity contribution in [2.45, 2.75) is 39.0 Å². The van der Waals surface area contributed by atoms with Gasteiger partial charge in [0.1, 0.15) is 0 Å². The highest BCUT2D eigenvalue weighted by Crippen LogP contribution is 2.50. The maximum Gasteiger partial charge on any atom is 0.302 e. The van der Waals surface area contributed by atoms with Crippen molar-refractivity contribution in [2.75, 3.05) is 19.7 Å². The third-order valence-electron chi connectivity index (χ3n) is 3.55. The van der Waals surface area contributed by atoms with E-state index in [1.165, 1.54) is 6.42 Å². The van der Waals surface area contributed by atoms with Gasteiger partial charge in [-0.25, -0.2) is 4.67 Å². The van der Waals surface area contributed by atoms with Crippen molar-refractivity contribution in [3.05, 3.63) is 30.3 Å². The van der Waals surface area contributed by atoms with Gasteiger partial charge in [0, 0.05) is 13.1 Å². The lowest BCUT2D eigenvalue weighted by atomic mass is 10.2. The topological polar surface area (TPSA) is 29.5 Å². The van der Waals surface area contributed by atoms with Crippen LogP contribution in [0.4, 0.5) is 0 Å². The van der Waals surface area contributed by atoms with Crippen LogP contribution in [0.3, 0.4) is 0 Å². The molecule has 0 spiro atoms. The van der Waals surface area contributed by atoms with Crippen molar-refractivity contribution in [1.82, 2.24) is 4.67 Å². The van der Waals surface area contributed by atoms with Gasteiger partial charge in [0.25, 0.3) is 0 Å². The minimum Gasteiger partial charge on any atom is -0.314 e. The van der Waals surface area contributed by atoms with Crippen molar-refractivity contribution >= 4 is 12.8 Å². The van der Waals surface area contributed by atoms with E-state index in [-0.39, 0.29) is 0 Å². The molecule has 1 aliphatic rings. The molecule has 0 radical (unpaired) electrons. The summed E-state index contributed by atoms with van der Waals surface area (Å²) in [4.78, 5) is 0. The predicted octanol–water partition coefficient (Wildman–Crippen LogP) is 3.81. The zero-order chi connectivity index (χ0) is 13.6. The molecule has 1 aliphatic heterocycles. The molecule has 0 aromatic heterocycles. The zero-order valence-corrected chi connectivity index (χ0v) is 12.6. The lowest BCUT2D eigenvalue weighted by molar-refractivity contribution is 0.246. The second-order valence-electron chi connectivity index (χ2n) is 5.06. The molecule has 106 valence electrons. The molecule has 0 amide bonds. The first-order chi connectivity index (χ1) is 9.27. The SMILES string of the molecule is CCCCO[P@@](=O)(c1ccccc1)N1CCCCC1. The third kappa shape index (κ3) is 3.68. The Morgan fingerprint density at radius 2 is 1.84 bits per heavy atom. The quantitative estimate of drug-likeness (QED) is 0.586. The van der Waals surface area contributed by atoms with Crippen LogP contribution in [0, 0.1) is 0 Å². The summed E-state index contributed by atoms with van der Waals surface area (Å²) in [7, 11) is -2.84. The Kier molecular flexibility index (Phi) is 5.62. The Hall–Kier alpha value is -0.630. The normalized spacial score (nSPS) is 20.1. The molecule has 1 saturated heterocycles. The fourth-order valence-electron chi connectivity index (χ4n) is 2.41. The summed E-state index contributed by atoms with van der Waals surface area (Å²) in [5, 5.41) is 0.841. The molecule has 0 aliphatic carbocycles. The van der Waals surface area contributed by atoms with E-state index in [9.17, 15) is 4.57 Å². The fourth-order valence-corrected chi connectivity index (χ4v) is 4.78. The van der Waals surface area contributed by atoms with Crippen LogP contribution in [0.25, 0.3) is 0 Å².